The first kappa shape index (κ1) is 12.9. The van der Waals surface area contributed by atoms with Crippen LogP contribution in [0.15, 0.2) is 0 Å². The van der Waals surface area contributed by atoms with Crippen LogP contribution in [0.3, 0.4) is 0 Å². The maximum atomic E-state index is 11.2. The standard InChI is InChI=1S/C7H12N2O6S/c1-14-16(12,13)9(8)7(11)15-6-3-2-5(10)4-6/h6H,2-4,8H2,1H3. The molecular weight excluding hydrogens is 240 g/mol. The van der Waals surface area contributed by atoms with Crippen LogP contribution in [0.5, 0.6) is 0 Å². The lowest BCUT2D eigenvalue weighted by Crippen LogP contribution is -2.44. The minimum absolute atomic E-state index is 0.0315. The Labute approximate surface area is 92.5 Å². The highest BCUT2D eigenvalue weighted by molar-refractivity contribution is 7.84. The average molecular weight is 252 g/mol. The van der Waals surface area contributed by atoms with Crippen molar-refractivity contribution in [2.45, 2.75) is 25.4 Å². The predicted octanol–water partition coefficient (Wildman–Crippen LogP) is -0.689. The van der Waals surface area contributed by atoms with E-state index in [9.17, 15) is 18.0 Å². The summed E-state index contributed by atoms with van der Waals surface area (Å²) in [6.45, 7) is 0. The number of ether oxygens (including phenoxy) is 1. The van der Waals surface area contributed by atoms with Crippen molar-refractivity contribution < 1.29 is 26.9 Å². The molecule has 0 aromatic heterocycles. The molecule has 0 saturated heterocycles. The number of nitrogens with two attached hydrogens (primary N) is 1. The Morgan fingerprint density at radius 2 is 2.19 bits per heavy atom. The summed E-state index contributed by atoms with van der Waals surface area (Å²) in [5.41, 5.74) is 0. The molecule has 2 N–H and O–H groups in total. The minimum Gasteiger partial charge on any atom is -0.444 e. The Bertz CT molecular complexity index is 392. The number of hydrogen-bond acceptors (Lipinski definition) is 7. The Kier molecular flexibility index (Phi) is 3.83. The van der Waals surface area contributed by atoms with E-state index in [1.807, 2.05) is 0 Å². The van der Waals surface area contributed by atoms with Crippen LogP contribution < -0.4 is 5.84 Å². The van der Waals surface area contributed by atoms with Gasteiger partial charge in [-0.2, -0.15) is 8.42 Å². The van der Waals surface area contributed by atoms with E-state index >= 15 is 0 Å². The molecule has 16 heavy (non-hydrogen) atoms. The van der Waals surface area contributed by atoms with Crippen LogP contribution in [0.25, 0.3) is 0 Å². The summed E-state index contributed by atoms with van der Waals surface area (Å²) in [5.74, 6) is 4.95. The van der Waals surface area contributed by atoms with Gasteiger partial charge in [0.2, 0.25) is 0 Å². The van der Waals surface area contributed by atoms with Gasteiger partial charge >= 0.3 is 16.4 Å². The average Bonchev–Trinajstić information content (AvgIpc) is 2.62. The fourth-order valence-electron chi connectivity index (χ4n) is 1.25. The van der Waals surface area contributed by atoms with E-state index in [1.165, 1.54) is 0 Å². The molecule has 0 bridgehead atoms. The molecule has 8 nitrogen and oxygen atoms in total. The summed E-state index contributed by atoms with van der Waals surface area (Å²) >= 11 is 0. The van der Waals surface area contributed by atoms with Crippen molar-refractivity contribution in [3.63, 3.8) is 0 Å². The van der Waals surface area contributed by atoms with Crippen LogP contribution in [0, 0.1) is 0 Å². The quantitative estimate of drug-likeness (QED) is 0.401. The van der Waals surface area contributed by atoms with Crippen LogP contribution in [0.1, 0.15) is 19.3 Å². The van der Waals surface area contributed by atoms with Crippen molar-refractivity contribution in [2.75, 3.05) is 7.11 Å². The van der Waals surface area contributed by atoms with Gasteiger partial charge in [0.1, 0.15) is 11.9 Å². The zero-order chi connectivity index (χ0) is 12.3. The molecule has 1 unspecified atom stereocenters. The Balaban J connectivity index is 2.56. The lowest BCUT2D eigenvalue weighted by Gasteiger charge is -2.17. The predicted molar refractivity (Wildman–Crippen MR) is 51.1 cm³/mol. The molecule has 9 heteroatoms. The summed E-state index contributed by atoms with van der Waals surface area (Å²) < 4.78 is 30.6. The Hall–Kier alpha value is -1.19. The van der Waals surface area contributed by atoms with E-state index in [4.69, 9.17) is 10.6 Å². The third-order valence-electron chi connectivity index (χ3n) is 2.10. The van der Waals surface area contributed by atoms with E-state index in [2.05, 4.69) is 4.18 Å². The minimum atomic E-state index is -4.30. The summed E-state index contributed by atoms with van der Waals surface area (Å²) in [5, 5.41) is 0. The number of carbonyl (C=O) groups excluding carboxylic acids is 2. The van der Waals surface area contributed by atoms with Crippen molar-refractivity contribution in [3.05, 3.63) is 0 Å². The van der Waals surface area contributed by atoms with E-state index in [-0.39, 0.29) is 16.6 Å². The number of amides is 1. The van der Waals surface area contributed by atoms with Gasteiger partial charge in [0, 0.05) is 12.8 Å². The van der Waals surface area contributed by atoms with Crippen molar-refractivity contribution in [2.24, 2.45) is 5.84 Å². The number of ketones is 1. The fourth-order valence-corrected chi connectivity index (χ4v) is 1.63. The fraction of sp³-hybridized carbons (Fsp3) is 0.714. The van der Waals surface area contributed by atoms with Gasteiger partial charge in [0.15, 0.2) is 0 Å². The second kappa shape index (κ2) is 4.76. The van der Waals surface area contributed by atoms with Gasteiger partial charge in [-0.15, -0.1) is 4.41 Å². The molecule has 1 saturated carbocycles. The molecular formula is C7H12N2O6S. The second-order valence-corrected chi connectivity index (χ2v) is 4.79. The van der Waals surface area contributed by atoms with Gasteiger partial charge in [-0.05, 0) is 6.42 Å². The number of rotatable bonds is 3. The van der Waals surface area contributed by atoms with E-state index in [1.54, 1.807) is 0 Å². The van der Waals surface area contributed by atoms with Crippen LogP contribution in [0.4, 0.5) is 4.79 Å². The second-order valence-electron chi connectivity index (χ2n) is 3.21. The highest BCUT2D eigenvalue weighted by Crippen LogP contribution is 2.18. The smallest absolute Gasteiger partial charge is 0.440 e. The maximum Gasteiger partial charge on any atom is 0.440 e. The lowest BCUT2D eigenvalue weighted by atomic mass is 10.3. The van der Waals surface area contributed by atoms with Gasteiger partial charge in [0.25, 0.3) is 0 Å². The molecule has 1 amide bonds. The molecule has 0 aromatic carbocycles. The largest absolute Gasteiger partial charge is 0.444 e. The van der Waals surface area contributed by atoms with Crippen LogP contribution in [-0.4, -0.2) is 37.9 Å². The zero-order valence-corrected chi connectivity index (χ0v) is 9.40. The molecule has 1 aliphatic rings. The zero-order valence-electron chi connectivity index (χ0n) is 8.58. The maximum absolute atomic E-state index is 11.2. The molecule has 0 heterocycles. The van der Waals surface area contributed by atoms with E-state index in [0.717, 1.165) is 7.11 Å². The third-order valence-corrected chi connectivity index (χ3v) is 3.15. The van der Waals surface area contributed by atoms with E-state index < -0.39 is 22.5 Å². The van der Waals surface area contributed by atoms with Crippen molar-refractivity contribution in [1.29, 1.82) is 0 Å². The SMILES string of the molecule is COS(=O)(=O)N(N)C(=O)OC1CCC(=O)C1. The first-order chi connectivity index (χ1) is 7.36. The molecule has 1 aliphatic carbocycles. The third kappa shape index (κ3) is 2.90. The number of carbonyl (C=O) groups is 2. The van der Waals surface area contributed by atoms with Gasteiger partial charge in [-0.3, -0.25) is 8.98 Å². The molecule has 0 radical (unpaired) electrons. The van der Waals surface area contributed by atoms with Crippen molar-refractivity contribution in [1.82, 2.24) is 4.41 Å². The molecule has 0 spiro atoms. The monoisotopic (exact) mass is 252 g/mol. The van der Waals surface area contributed by atoms with Gasteiger partial charge in [-0.1, -0.05) is 0 Å². The van der Waals surface area contributed by atoms with Crippen molar-refractivity contribution >= 4 is 22.2 Å². The topological polar surface area (TPSA) is 116 Å². The molecule has 1 atom stereocenters. The van der Waals surface area contributed by atoms with Gasteiger partial charge < -0.3 is 4.74 Å². The van der Waals surface area contributed by atoms with Crippen LogP contribution in [0.2, 0.25) is 0 Å². The molecule has 0 aromatic rings. The Morgan fingerprint density at radius 3 is 2.62 bits per heavy atom. The lowest BCUT2D eigenvalue weighted by molar-refractivity contribution is -0.117. The number of nitrogens with zero attached hydrogens (tertiary/aromatic N) is 1. The normalized spacial score (nSPS) is 20.9. The van der Waals surface area contributed by atoms with Crippen LogP contribution >= 0.6 is 0 Å². The molecule has 0 aliphatic heterocycles. The van der Waals surface area contributed by atoms with E-state index in [0.29, 0.717) is 12.8 Å². The molecule has 92 valence electrons. The Morgan fingerprint density at radius 1 is 1.56 bits per heavy atom. The highest BCUT2D eigenvalue weighted by atomic mass is 32.2. The first-order valence-electron chi connectivity index (χ1n) is 4.44. The first-order valence-corrected chi connectivity index (χ1v) is 5.81. The van der Waals surface area contributed by atoms with Crippen molar-refractivity contribution in [3.8, 4) is 0 Å². The highest BCUT2D eigenvalue weighted by Gasteiger charge is 2.31. The summed E-state index contributed by atoms with van der Waals surface area (Å²) in [4.78, 5) is 22.1. The molecule has 1 fully saturated rings. The van der Waals surface area contributed by atoms with Gasteiger partial charge in [0.05, 0.1) is 7.11 Å². The molecule has 1 rings (SSSR count). The summed E-state index contributed by atoms with van der Waals surface area (Å²) in [6, 6.07) is 0. The number of hydrazine groups is 1. The summed E-state index contributed by atoms with van der Waals surface area (Å²) in [6.07, 6.45) is -1.09. The van der Waals surface area contributed by atoms with Gasteiger partial charge in [-0.25, -0.2) is 10.6 Å². The van der Waals surface area contributed by atoms with Crippen LogP contribution in [-0.2, 0) is 24.0 Å². The summed E-state index contributed by atoms with van der Waals surface area (Å²) in [7, 11) is -3.44. The number of hydrogen-bond donors (Lipinski definition) is 1. The number of Topliss-reactive ketones (excluding diaryl/α,β-unsaturated/α-hetero) is 1.